The number of nitrogens with zero attached hydrogens (tertiary/aromatic N) is 2. The van der Waals surface area contributed by atoms with E-state index >= 15 is 0 Å². The molecule has 3 heterocycles. The van der Waals surface area contributed by atoms with Gasteiger partial charge in [0, 0.05) is 31.3 Å². The summed E-state index contributed by atoms with van der Waals surface area (Å²) in [6, 6.07) is 15.2. The van der Waals surface area contributed by atoms with Gasteiger partial charge in [-0.25, -0.2) is 0 Å². The Labute approximate surface area is 317 Å². The maximum atomic E-state index is 13.9. The minimum atomic E-state index is -1.17. The van der Waals surface area contributed by atoms with Crippen molar-refractivity contribution in [1.29, 1.82) is 0 Å². The van der Waals surface area contributed by atoms with Gasteiger partial charge in [-0.3, -0.25) is 19.3 Å². The van der Waals surface area contributed by atoms with E-state index in [4.69, 9.17) is 37.6 Å². The molecule has 3 aromatic carbocycles. The Bertz CT molecular complexity index is 2340. The van der Waals surface area contributed by atoms with E-state index in [0.717, 1.165) is 16.7 Å². The molecule has 1 N–H and O–H groups in total. The minimum absolute atomic E-state index is 0.0814. The number of carbonyl (C=O) groups is 1. The van der Waals surface area contributed by atoms with Crippen LogP contribution in [0.1, 0.15) is 52.2 Å². The normalized spacial score (nSPS) is 14.5. The van der Waals surface area contributed by atoms with Gasteiger partial charge >= 0.3 is 5.97 Å². The molecule has 0 unspecified atom stereocenters. The lowest BCUT2D eigenvalue weighted by molar-refractivity contribution is -0.141. The van der Waals surface area contributed by atoms with E-state index in [1.165, 1.54) is 32.0 Å². The molecular weight excluding hydrogens is 712 g/mol. The molecule has 5 aromatic rings. The second kappa shape index (κ2) is 16.1. The highest BCUT2D eigenvalue weighted by Gasteiger charge is 2.34. The summed E-state index contributed by atoms with van der Waals surface area (Å²) in [5.74, 6) is 0.396. The number of aromatic nitrogens is 1. The third kappa shape index (κ3) is 7.24. The van der Waals surface area contributed by atoms with E-state index in [-0.39, 0.29) is 30.0 Å². The number of fused-ring (bicyclic) bond motifs is 2. The highest BCUT2D eigenvalue weighted by atomic mass is 16.5. The number of methoxy groups -OCH3 is 7. The van der Waals surface area contributed by atoms with Crippen LogP contribution < -0.4 is 39.4 Å². The summed E-state index contributed by atoms with van der Waals surface area (Å²) in [7, 11) is 12.1. The molecule has 290 valence electrons. The minimum Gasteiger partial charge on any atom is -0.502 e. The molecule has 0 aliphatic carbocycles. The lowest BCUT2D eigenvalue weighted by Crippen LogP contribution is -2.36. The van der Waals surface area contributed by atoms with Gasteiger partial charge in [0.05, 0.1) is 80.2 Å². The van der Waals surface area contributed by atoms with Gasteiger partial charge in [0.2, 0.25) is 16.9 Å². The van der Waals surface area contributed by atoms with Gasteiger partial charge in [0.25, 0.3) is 5.56 Å². The molecule has 6 rings (SSSR count). The monoisotopic (exact) mass is 756 g/mol. The summed E-state index contributed by atoms with van der Waals surface area (Å²) >= 11 is 0. The van der Waals surface area contributed by atoms with Crippen LogP contribution in [-0.4, -0.2) is 76.9 Å². The average molecular weight is 757 g/mol. The van der Waals surface area contributed by atoms with Crippen LogP contribution in [0.25, 0.3) is 10.9 Å². The molecule has 14 nitrogen and oxygen atoms in total. The summed E-state index contributed by atoms with van der Waals surface area (Å²) in [5, 5.41) is 11.9. The molecule has 1 aliphatic heterocycles. The van der Waals surface area contributed by atoms with Crippen molar-refractivity contribution in [3.05, 3.63) is 109 Å². The Balaban J connectivity index is 1.51. The van der Waals surface area contributed by atoms with E-state index < -0.39 is 34.7 Å². The second-order valence-corrected chi connectivity index (χ2v) is 13.0. The predicted octanol–water partition coefficient (Wildman–Crippen LogP) is 5.09. The van der Waals surface area contributed by atoms with E-state index in [1.54, 1.807) is 59.8 Å². The molecule has 14 heteroatoms. The average Bonchev–Trinajstić information content (AvgIpc) is 3.21. The smallest absolute Gasteiger partial charge is 0.306 e. The van der Waals surface area contributed by atoms with E-state index in [9.17, 15) is 19.5 Å². The number of carbonyl (C=O) groups excluding carboxylic acids is 1. The molecule has 0 radical (unpaired) electrons. The van der Waals surface area contributed by atoms with Crippen molar-refractivity contribution >= 4 is 16.9 Å². The largest absolute Gasteiger partial charge is 0.502 e. The Kier molecular flexibility index (Phi) is 11.3. The van der Waals surface area contributed by atoms with Crippen molar-refractivity contribution in [2.75, 3.05) is 56.3 Å². The van der Waals surface area contributed by atoms with Crippen molar-refractivity contribution in [3.8, 4) is 40.2 Å². The number of rotatable bonds is 13. The van der Waals surface area contributed by atoms with Crippen molar-refractivity contribution in [2.45, 2.75) is 31.3 Å². The maximum absolute atomic E-state index is 13.9. The van der Waals surface area contributed by atoms with Crippen LogP contribution in [0.4, 0.5) is 0 Å². The summed E-state index contributed by atoms with van der Waals surface area (Å²) in [6.45, 7) is 0.585. The number of pyridine rings is 1. The van der Waals surface area contributed by atoms with E-state index in [0.29, 0.717) is 58.4 Å². The molecule has 2 aromatic heterocycles. The first-order valence-electron chi connectivity index (χ1n) is 17.4. The van der Waals surface area contributed by atoms with Crippen LogP contribution in [0.5, 0.6) is 40.2 Å². The van der Waals surface area contributed by atoms with Gasteiger partial charge < -0.3 is 47.2 Å². The lowest BCUT2D eigenvalue weighted by Gasteiger charge is -2.38. The van der Waals surface area contributed by atoms with Gasteiger partial charge in [-0.15, -0.1) is 0 Å². The first-order chi connectivity index (χ1) is 26.5. The van der Waals surface area contributed by atoms with Gasteiger partial charge in [-0.2, -0.15) is 0 Å². The molecule has 0 bridgehead atoms. The molecule has 55 heavy (non-hydrogen) atoms. The van der Waals surface area contributed by atoms with Crippen LogP contribution in [0.3, 0.4) is 0 Å². The fourth-order valence-electron chi connectivity index (χ4n) is 7.33. The second-order valence-electron chi connectivity index (χ2n) is 13.0. The van der Waals surface area contributed by atoms with Crippen LogP contribution in [-0.2, 0) is 29.5 Å². The number of hydrogen-bond donors (Lipinski definition) is 1. The first-order valence-corrected chi connectivity index (χ1v) is 17.4. The summed E-state index contributed by atoms with van der Waals surface area (Å²) < 4.78 is 46.5. The topological polar surface area (TPSA) is 157 Å². The lowest BCUT2D eigenvalue weighted by atomic mass is 9.87. The Hall–Kier alpha value is -6.15. The van der Waals surface area contributed by atoms with Crippen LogP contribution in [0.2, 0.25) is 0 Å². The fraction of sp³-hybridized carbons (Fsp3) is 0.341. The standard InChI is InChI=1S/C41H44N2O12/c1-42-30-17-25(48-2)10-9-23(30)13-29(41(42)47)28(20-36(45)53-7)39-38(46)31(44)18-26(55-39)21-43-12-11-22-14-32(49-3)33(50-4)19-27(22)37(43)24-15-34(51-5)40(54-8)35(16-24)52-6/h9-10,13-19,28,37,46H,11-12,20-21H2,1-8H3/t28-,37+/m0/s1. The van der Waals surface area contributed by atoms with Crippen LogP contribution in [0, 0.1) is 0 Å². The molecule has 0 saturated heterocycles. The quantitative estimate of drug-likeness (QED) is 0.159. The Morgan fingerprint density at radius 2 is 1.51 bits per heavy atom. The number of aromatic hydroxyl groups is 1. The fourth-order valence-corrected chi connectivity index (χ4v) is 7.33. The Morgan fingerprint density at radius 3 is 2.13 bits per heavy atom. The zero-order valence-electron chi connectivity index (χ0n) is 32.0. The van der Waals surface area contributed by atoms with Crippen molar-refractivity contribution < 1.29 is 47.5 Å². The molecule has 1 aliphatic rings. The number of benzene rings is 3. The maximum Gasteiger partial charge on any atom is 0.306 e. The number of aryl methyl sites for hydroxylation is 1. The molecule has 0 amide bonds. The third-order valence-corrected chi connectivity index (χ3v) is 10.1. The first kappa shape index (κ1) is 38.6. The zero-order valence-corrected chi connectivity index (χ0v) is 32.0. The number of ether oxygens (including phenoxy) is 7. The van der Waals surface area contributed by atoms with E-state index in [2.05, 4.69) is 4.90 Å². The SMILES string of the molecule is COC(=O)C[C@H](c1oc(CN2CCc3cc(OC)c(OC)cc3[C@H]2c2cc(OC)c(OC)c(OC)c2)cc(=O)c1O)c1cc2ccc(OC)cc2n(C)c1=O. The highest BCUT2D eigenvalue weighted by molar-refractivity contribution is 5.82. The Morgan fingerprint density at radius 1 is 0.836 bits per heavy atom. The summed E-state index contributed by atoms with van der Waals surface area (Å²) in [5.41, 5.74) is 2.22. The number of hydrogen-bond acceptors (Lipinski definition) is 13. The molecular formula is C41H44N2O12. The van der Waals surface area contributed by atoms with Crippen molar-refractivity contribution in [2.24, 2.45) is 7.05 Å². The molecule has 0 saturated carbocycles. The summed E-state index contributed by atoms with van der Waals surface area (Å²) in [6.07, 6.45) is 0.217. The zero-order chi connectivity index (χ0) is 39.6. The van der Waals surface area contributed by atoms with Gasteiger partial charge in [-0.05, 0) is 71.0 Å². The molecule has 0 fully saturated rings. The van der Waals surface area contributed by atoms with Gasteiger partial charge in [0.15, 0.2) is 28.8 Å². The van der Waals surface area contributed by atoms with Crippen LogP contribution in [0.15, 0.2) is 68.6 Å². The van der Waals surface area contributed by atoms with Crippen LogP contribution >= 0.6 is 0 Å². The predicted molar refractivity (Wildman–Crippen MR) is 202 cm³/mol. The third-order valence-electron chi connectivity index (χ3n) is 10.1. The van der Waals surface area contributed by atoms with Crippen molar-refractivity contribution in [3.63, 3.8) is 0 Å². The molecule has 0 spiro atoms. The van der Waals surface area contributed by atoms with Gasteiger partial charge in [0.1, 0.15) is 11.5 Å². The van der Waals surface area contributed by atoms with Gasteiger partial charge in [-0.1, -0.05) is 0 Å². The molecule has 2 atom stereocenters. The highest BCUT2D eigenvalue weighted by Crippen LogP contribution is 2.46. The van der Waals surface area contributed by atoms with E-state index in [1.807, 2.05) is 24.3 Å². The van der Waals surface area contributed by atoms with Crippen molar-refractivity contribution in [1.82, 2.24) is 9.47 Å². The summed E-state index contributed by atoms with van der Waals surface area (Å²) in [4.78, 5) is 42.5. The number of esters is 1.